The summed E-state index contributed by atoms with van der Waals surface area (Å²) < 4.78 is 268. The van der Waals surface area contributed by atoms with Crippen LogP contribution < -0.4 is 14.4 Å². The Morgan fingerprint density at radius 3 is 1.24 bits per heavy atom. The summed E-state index contributed by atoms with van der Waals surface area (Å²) in [4.78, 5) is 5.00. The first-order valence-corrected chi connectivity index (χ1v) is 46.3. The second-order valence-corrected chi connectivity index (χ2v) is 38.5. The number of rotatable bonds is 22. The molecule has 0 amide bonds. The normalized spacial score (nSPS) is 18.7. The molecule has 15 rings (SSSR count). The largest absolute Gasteiger partial charge is 0.379 e. The van der Waals surface area contributed by atoms with Crippen molar-refractivity contribution in [2.75, 3.05) is 56.7 Å². The number of hydrogen-bond donors (Lipinski definition) is 3. The van der Waals surface area contributed by atoms with Crippen LogP contribution in [0.25, 0.3) is 35.3 Å². The summed E-state index contributed by atoms with van der Waals surface area (Å²) in [5, 5.41) is 19.4. The van der Waals surface area contributed by atoms with E-state index in [2.05, 4.69) is 29.7 Å². The van der Waals surface area contributed by atoms with Crippen LogP contribution in [0.15, 0.2) is 174 Å². The number of thioether (sulfide) groups is 1. The van der Waals surface area contributed by atoms with Gasteiger partial charge in [0, 0.05) is 113 Å². The van der Waals surface area contributed by atoms with Crippen LogP contribution >= 0.6 is 11.8 Å². The van der Waals surface area contributed by atoms with Crippen molar-refractivity contribution in [3.8, 4) is 17.1 Å². The molecule has 2 fully saturated rings. The van der Waals surface area contributed by atoms with E-state index in [4.69, 9.17) is 4.74 Å². The third-order valence-corrected chi connectivity index (χ3v) is 27.4. The standard InChI is InChI=1S/C29H26F3N3O4S2.C26H27F3N4O2S2.C25H25F3N4O5S2/c1-19(21-7-3-2-4-8-21)34-41(38,39)13-12-27-25-18-40(36,37)17-22(14-20-6-5-9-23(30)15-20)29(25)35(33-27)28-11-10-24(31)16-26(28)32;27-20-6-4-5-18(14-20)13-19-16-36-17-22-24(9-12-37(34,35)31-32-10-2-1-3-11-32)30-33(26(19)22)25-8-7-21(28)15-23(25)29;26-19-3-1-2-17(13-19)12-18-15-38(33,34)16-21-23(6-11-39(35,36)30-31-7-9-37-10-8-31)29-32(25(18)21)24-5-4-20(27)14-22(24)28/h2-13,15-16,19,22,34H,14,17-18H2,1H3;4-9,12,14-15,19,31H,1-3,10-11,13,16-17H2;1-6,11,13-14,18,30H,7-10,12,15-16H2/b13-12+;12-9+;11-6+/t19-,22?;;/m0../s1. The van der Waals surface area contributed by atoms with Crippen molar-refractivity contribution >= 4 is 79.7 Å². The molecule has 4 atom stereocenters. The minimum Gasteiger partial charge on any atom is -0.379 e. The van der Waals surface area contributed by atoms with Crippen LogP contribution in [0.4, 0.5) is 39.5 Å². The second-order valence-electron chi connectivity index (χ2n) is 28.6. The van der Waals surface area contributed by atoms with Crippen molar-refractivity contribution < 1.29 is 86.3 Å². The molecule has 5 aliphatic rings. The molecule has 3 N–H and O–H groups in total. The van der Waals surface area contributed by atoms with Gasteiger partial charge in [-0.1, -0.05) is 73.2 Å². The van der Waals surface area contributed by atoms with Gasteiger partial charge in [0.2, 0.25) is 30.1 Å². The lowest BCUT2D eigenvalue weighted by Crippen LogP contribution is -2.47. The first kappa shape index (κ1) is 85.5. The zero-order valence-corrected chi connectivity index (χ0v) is 67.3. The molecule has 5 aliphatic heterocycles. The summed E-state index contributed by atoms with van der Waals surface area (Å²) in [5.74, 6) is -8.27. The van der Waals surface area contributed by atoms with Crippen LogP contribution in [-0.4, -0.2) is 138 Å². The maximum absolute atomic E-state index is 15.0. The summed E-state index contributed by atoms with van der Waals surface area (Å²) in [6.07, 6.45) is 7.35. The SMILES string of the molecule is C[C@H](NS(=O)(=O)/C=C/c1nn(-c2ccc(F)cc2F)c2c1CS(=O)(=O)CC2Cc1cccc(F)c1)c1ccccc1.O=S(=O)(/C=C/c1nn(-c2ccc(F)cc2F)c2c1CSCC2Cc1cccc(F)c1)NN1CCCCC1.O=S1(=O)Cc2c(/C=C/S(=O)(=O)NN3CCOCC3)nn(-c3ccc(F)cc3F)c2C(Cc2cccc(F)c2)C1. The molecule has 2 saturated heterocycles. The Balaban J connectivity index is 0.000000153. The van der Waals surface area contributed by atoms with Gasteiger partial charge in [-0.25, -0.2) is 110 Å². The highest BCUT2D eigenvalue weighted by Gasteiger charge is 2.40. The number of ether oxygens (including phenoxy) is 1. The van der Waals surface area contributed by atoms with E-state index < -0.39 is 126 Å². The van der Waals surface area contributed by atoms with Gasteiger partial charge in [-0.2, -0.15) is 27.1 Å². The summed E-state index contributed by atoms with van der Waals surface area (Å²) in [5.41, 5.74) is 5.34. The van der Waals surface area contributed by atoms with E-state index in [1.54, 1.807) is 66.2 Å². The zero-order valence-electron chi connectivity index (χ0n) is 62.4. The van der Waals surface area contributed by atoms with E-state index in [-0.39, 0.29) is 75.7 Å². The molecule has 3 unspecified atom stereocenters. The van der Waals surface area contributed by atoms with Crippen molar-refractivity contribution in [3.63, 3.8) is 0 Å². The minimum absolute atomic E-state index is 0.00796. The number of piperidine rings is 1. The number of benzene rings is 7. The minimum atomic E-state index is -4.01. The predicted octanol–water partition coefficient (Wildman–Crippen LogP) is 13.0. The fraction of sp³-hybridized carbons (Fsp3) is 0.287. The molecule has 0 saturated carbocycles. The number of hydrogen-bond acceptors (Lipinski definition) is 17. The summed E-state index contributed by atoms with van der Waals surface area (Å²) in [6, 6.07) is 35.2. The lowest BCUT2D eigenvalue weighted by molar-refractivity contribution is 0.0274. The number of aromatic nitrogens is 6. The Hall–Kier alpha value is -9.38. The van der Waals surface area contributed by atoms with Crippen LogP contribution in [0.2, 0.25) is 0 Å². The van der Waals surface area contributed by atoms with Crippen molar-refractivity contribution in [1.82, 2.24) is 53.7 Å². The molecule has 618 valence electrons. The van der Waals surface area contributed by atoms with Gasteiger partial charge in [0.25, 0.3) is 0 Å². The molecule has 0 aliphatic carbocycles. The first-order chi connectivity index (χ1) is 55.7. The van der Waals surface area contributed by atoms with Gasteiger partial charge < -0.3 is 4.74 Å². The van der Waals surface area contributed by atoms with Gasteiger partial charge in [0.05, 0.1) is 70.4 Å². The number of sulfone groups is 2. The Kier molecular flexibility index (Phi) is 26.6. The van der Waals surface area contributed by atoms with Crippen molar-refractivity contribution in [2.45, 2.75) is 86.5 Å². The first-order valence-electron chi connectivity index (χ1n) is 36.9. The van der Waals surface area contributed by atoms with Crippen molar-refractivity contribution in [3.05, 3.63) is 299 Å². The molecule has 8 heterocycles. The van der Waals surface area contributed by atoms with Crippen molar-refractivity contribution in [2.24, 2.45) is 0 Å². The van der Waals surface area contributed by atoms with Crippen LogP contribution in [0.5, 0.6) is 0 Å². The molecule has 3 aromatic heterocycles. The third-order valence-electron chi connectivity index (χ3n) is 19.8. The smallest absolute Gasteiger partial charge is 0.246 e. The highest BCUT2D eigenvalue weighted by Crippen LogP contribution is 2.42. The Bertz CT molecular complexity index is 6050. The molecule has 0 bridgehead atoms. The van der Waals surface area contributed by atoms with Crippen LogP contribution in [-0.2, 0) is 91.0 Å². The number of halogens is 9. The molecule has 37 heteroatoms. The summed E-state index contributed by atoms with van der Waals surface area (Å²) in [7, 11) is -19.2. The maximum Gasteiger partial charge on any atom is 0.246 e. The average molecular weight is 1730 g/mol. The highest BCUT2D eigenvalue weighted by molar-refractivity contribution is 7.98. The quantitative estimate of drug-likeness (QED) is 0.0532. The number of sulfonamides is 3. The van der Waals surface area contributed by atoms with E-state index in [9.17, 15) is 81.6 Å². The number of morpholine rings is 1. The third kappa shape index (κ3) is 21.9. The van der Waals surface area contributed by atoms with Gasteiger partial charge in [-0.15, -0.1) is 9.66 Å². The van der Waals surface area contributed by atoms with Gasteiger partial charge >= 0.3 is 0 Å². The van der Waals surface area contributed by atoms with Crippen LogP contribution in [0.1, 0.15) is 123 Å². The fourth-order valence-electron chi connectivity index (χ4n) is 14.7. The molecular formula is C80H78F9N11O11S6. The van der Waals surface area contributed by atoms with Gasteiger partial charge in [-0.05, 0) is 152 Å². The molecular weight excluding hydrogens is 1650 g/mol. The molecule has 0 radical (unpaired) electrons. The zero-order chi connectivity index (χ0) is 83.1. The molecule has 7 aromatic carbocycles. The fourth-order valence-corrected chi connectivity index (χ4v) is 22.2. The van der Waals surface area contributed by atoms with Crippen LogP contribution in [0, 0.1) is 52.4 Å². The van der Waals surface area contributed by atoms with Gasteiger partial charge in [-0.3, -0.25) is 0 Å². The second kappa shape index (κ2) is 36.5. The van der Waals surface area contributed by atoms with Gasteiger partial charge in [0.1, 0.15) is 52.0 Å². The van der Waals surface area contributed by atoms with Crippen LogP contribution in [0.3, 0.4) is 0 Å². The highest BCUT2D eigenvalue weighted by atomic mass is 32.2. The predicted molar refractivity (Wildman–Crippen MR) is 426 cm³/mol. The Labute approximate surface area is 675 Å². The summed E-state index contributed by atoms with van der Waals surface area (Å²) in [6.45, 7) is 4.40. The summed E-state index contributed by atoms with van der Waals surface area (Å²) >= 11 is 1.65. The molecule has 10 aromatic rings. The van der Waals surface area contributed by atoms with E-state index in [1.807, 2.05) is 12.1 Å². The van der Waals surface area contributed by atoms with Gasteiger partial charge in [0.15, 0.2) is 37.1 Å². The van der Waals surface area contributed by atoms with Crippen molar-refractivity contribution in [1.29, 1.82) is 0 Å². The number of nitrogens with one attached hydrogen (secondary N) is 3. The lowest BCUT2D eigenvalue weighted by Gasteiger charge is -2.26. The number of hydrazine groups is 2. The lowest BCUT2D eigenvalue weighted by atomic mass is 9.94. The van der Waals surface area contributed by atoms with E-state index in [0.717, 1.165) is 94.3 Å². The Morgan fingerprint density at radius 2 is 0.829 bits per heavy atom. The average Bonchev–Trinajstić information content (AvgIpc) is 1.69. The Morgan fingerprint density at radius 1 is 0.453 bits per heavy atom. The van der Waals surface area contributed by atoms with E-state index in [0.29, 0.717) is 97.7 Å². The molecule has 22 nitrogen and oxygen atoms in total. The maximum atomic E-state index is 15.0. The monoisotopic (exact) mass is 1730 g/mol. The van der Waals surface area contributed by atoms with E-state index in [1.165, 1.54) is 91.9 Å². The molecule has 117 heavy (non-hydrogen) atoms. The molecule has 0 spiro atoms. The number of nitrogens with zero attached hydrogens (tertiary/aromatic N) is 8. The topological polar surface area (TPSA) is 276 Å². The van der Waals surface area contributed by atoms with E-state index >= 15 is 0 Å². The number of fused-ring (bicyclic) bond motifs is 3.